The highest BCUT2D eigenvalue weighted by atomic mass is 79.9. The highest BCUT2D eigenvalue weighted by Crippen LogP contribution is 2.12. The molecule has 0 aliphatic carbocycles. The van der Waals surface area contributed by atoms with Crippen molar-refractivity contribution in [1.82, 2.24) is 15.0 Å². The Labute approximate surface area is 78.0 Å². The molecule has 12 heavy (non-hydrogen) atoms. The summed E-state index contributed by atoms with van der Waals surface area (Å²) in [5.74, 6) is 0.770. The van der Waals surface area contributed by atoms with Crippen LogP contribution in [-0.4, -0.2) is 15.0 Å². The smallest absolute Gasteiger partial charge is 0.126 e. The van der Waals surface area contributed by atoms with Crippen molar-refractivity contribution in [3.05, 3.63) is 28.8 Å². The van der Waals surface area contributed by atoms with Crippen LogP contribution < -0.4 is 0 Å². The lowest BCUT2D eigenvalue weighted by molar-refractivity contribution is 1.08. The van der Waals surface area contributed by atoms with Crippen LogP contribution in [0.1, 0.15) is 5.82 Å². The zero-order valence-corrected chi connectivity index (χ0v) is 8.04. The van der Waals surface area contributed by atoms with E-state index in [1.807, 2.05) is 19.1 Å². The van der Waals surface area contributed by atoms with Crippen molar-refractivity contribution in [2.24, 2.45) is 0 Å². The zero-order valence-electron chi connectivity index (χ0n) is 6.45. The first-order valence-corrected chi connectivity index (χ1v) is 4.31. The van der Waals surface area contributed by atoms with Crippen LogP contribution in [0.25, 0.3) is 11.0 Å². The SMILES string of the molecule is Cc1ncc2nc(Br)ccc2n1. The van der Waals surface area contributed by atoms with E-state index in [9.17, 15) is 0 Å². The summed E-state index contributed by atoms with van der Waals surface area (Å²) in [7, 11) is 0. The lowest BCUT2D eigenvalue weighted by Crippen LogP contribution is -1.89. The van der Waals surface area contributed by atoms with Crippen LogP contribution in [0.3, 0.4) is 0 Å². The first-order chi connectivity index (χ1) is 5.75. The van der Waals surface area contributed by atoms with Crippen LogP contribution in [0.5, 0.6) is 0 Å². The summed E-state index contributed by atoms with van der Waals surface area (Å²) in [6, 6.07) is 3.79. The van der Waals surface area contributed by atoms with Crippen LogP contribution in [-0.2, 0) is 0 Å². The summed E-state index contributed by atoms with van der Waals surface area (Å²) in [5.41, 5.74) is 1.70. The summed E-state index contributed by atoms with van der Waals surface area (Å²) < 4.78 is 0.808. The minimum absolute atomic E-state index is 0.770. The monoisotopic (exact) mass is 223 g/mol. The molecule has 2 aromatic heterocycles. The highest BCUT2D eigenvalue weighted by molar-refractivity contribution is 9.10. The Morgan fingerprint density at radius 1 is 1.17 bits per heavy atom. The van der Waals surface area contributed by atoms with Crippen molar-refractivity contribution in [3.63, 3.8) is 0 Å². The molecule has 2 heterocycles. The number of pyridine rings is 1. The summed E-state index contributed by atoms with van der Waals surface area (Å²) >= 11 is 3.28. The van der Waals surface area contributed by atoms with E-state index >= 15 is 0 Å². The number of hydrogen-bond donors (Lipinski definition) is 0. The van der Waals surface area contributed by atoms with Crippen LogP contribution >= 0.6 is 15.9 Å². The standard InChI is InChI=1S/C8H6BrN3/c1-5-10-4-7-6(11-5)2-3-8(9)12-7/h2-4H,1H3. The Hall–Kier alpha value is -1.03. The van der Waals surface area contributed by atoms with Crippen LogP contribution in [0.4, 0.5) is 0 Å². The van der Waals surface area contributed by atoms with E-state index in [0.29, 0.717) is 0 Å². The molecule has 0 atom stereocenters. The Morgan fingerprint density at radius 3 is 2.83 bits per heavy atom. The van der Waals surface area contributed by atoms with E-state index in [1.165, 1.54) is 0 Å². The molecule has 60 valence electrons. The lowest BCUT2D eigenvalue weighted by Gasteiger charge is -1.96. The number of fused-ring (bicyclic) bond motifs is 1. The molecule has 0 unspecified atom stereocenters. The summed E-state index contributed by atoms with van der Waals surface area (Å²) in [5, 5.41) is 0. The Bertz CT molecular complexity index is 386. The number of nitrogens with zero attached hydrogens (tertiary/aromatic N) is 3. The topological polar surface area (TPSA) is 38.7 Å². The molecular weight excluding hydrogens is 218 g/mol. The molecule has 2 rings (SSSR count). The van der Waals surface area contributed by atoms with Gasteiger partial charge in [-0.05, 0) is 35.0 Å². The van der Waals surface area contributed by atoms with Crippen LogP contribution in [0, 0.1) is 6.92 Å². The van der Waals surface area contributed by atoms with Gasteiger partial charge in [0.25, 0.3) is 0 Å². The van der Waals surface area contributed by atoms with Crippen LogP contribution in [0.15, 0.2) is 22.9 Å². The average molecular weight is 224 g/mol. The third-order valence-corrected chi connectivity index (χ3v) is 1.97. The second kappa shape index (κ2) is 2.79. The first-order valence-electron chi connectivity index (χ1n) is 3.51. The van der Waals surface area contributed by atoms with Gasteiger partial charge in [-0.1, -0.05) is 0 Å². The predicted molar refractivity (Wildman–Crippen MR) is 49.8 cm³/mol. The maximum atomic E-state index is 4.22. The Kier molecular flexibility index (Phi) is 1.77. The molecule has 4 heteroatoms. The molecule has 0 fully saturated rings. The van der Waals surface area contributed by atoms with Gasteiger partial charge in [0.2, 0.25) is 0 Å². The van der Waals surface area contributed by atoms with E-state index in [-0.39, 0.29) is 0 Å². The lowest BCUT2D eigenvalue weighted by atomic mass is 10.4. The van der Waals surface area contributed by atoms with E-state index in [0.717, 1.165) is 21.5 Å². The number of rotatable bonds is 0. The van der Waals surface area contributed by atoms with Crippen LogP contribution in [0.2, 0.25) is 0 Å². The van der Waals surface area contributed by atoms with Crippen molar-refractivity contribution >= 4 is 27.0 Å². The molecule has 0 spiro atoms. The third kappa shape index (κ3) is 1.30. The van der Waals surface area contributed by atoms with E-state index in [1.54, 1.807) is 6.20 Å². The molecule has 0 bridgehead atoms. The number of hydrogen-bond acceptors (Lipinski definition) is 3. The molecule has 0 amide bonds. The fourth-order valence-corrected chi connectivity index (χ4v) is 1.31. The molecule has 2 aromatic rings. The normalized spacial score (nSPS) is 10.5. The maximum absolute atomic E-state index is 4.22. The van der Waals surface area contributed by atoms with E-state index in [4.69, 9.17) is 0 Å². The fourth-order valence-electron chi connectivity index (χ4n) is 0.990. The summed E-state index contributed by atoms with van der Waals surface area (Å²) in [6.45, 7) is 1.86. The molecular formula is C8H6BrN3. The van der Waals surface area contributed by atoms with Crippen molar-refractivity contribution in [2.45, 2.75) is 6.92 Å². The highest BCUT2D eigenvalue weighted by Gasteiger charge is 1.97. The van der Waals surface area contributed by atoms with Crippen molar-refractivity contribution in [2.75, 3.05) is 0 Å². The molecule has 0 saturated carbocycles. The van der Waals surface area contributed by atoms with Gasteiger partial charge in [0, 0.05) is 0 Å². The minimum Gasteiger partial charge on any atom is -0.239 e. The predicted octanol–water partition coefficient (Wildman–Crippen LogP) is 2.10. The van der Waals surface area contributed by atoms with Crippen molar-refractivity contribution < 1.29 is 0 Å². The van der Waals surface area contributed by atoms with Crippen molar-refractivity contribution in [3.8, 4) is 0 Å². The minimum atomic E-state index is 0.770. The number of aromatic nitrogens is 3. The van der Waals surface area contributed by atoms with Gasteiger partial charge < -0.3 is 0 Å². The largest absolute Gasteiger partial charge is 0.239 e. The fraction of sp³-hybridized carbons (Fsp3) is 0.125. The first kappa shape index (κ1) is 7.61. The molecule has 0 aromatic carbocycles. The quantitative estimate of drug-likeness (QED) is 0.643. The van der Waals surface area contributed by atoms with Gasteiger partial charge in [-0.15, -0.1) is 0 Å². The summed E-state index contributed by atoms with van der Waals surface area (Å²) in [6.07, 6.45) is 1.72. The van der Waals surface area contributed by atoms with E-state index in [2.05, 4.69) is 30.9 Å². The molecule has 0 N–H and O–H groups in total. The van der Waals surface area contributed by atoms with E-state index < -0.39 is 0 Å². The summed E-state index contributed by atoms with van der Waals surface area (Å²) in [4.78, 5) is 12.5. The van der Waals surface area contributed by atoms with Gasteiger partial charge in [0.15, 0.2) is 0 Å². The van der Waals surface area contributed by atoms with Gasteiger partial charge in [-0.25, -0.2) is 15.0 Å². The average Bonchev–Trinajstić information content (AvgIpc) is 2.05. The van der Waals surface area contributed by atoms with Crippen molar-refractivity contribution in [1.29, 1.82) is 0 Å². The Morgan fingerprint density at radius 2 is 2.00 bits per heavy atom. The number of aryl methyl sites for hydroxylation is 1. The van der Waals surface area contributed by atoms with Gasteiger partial charge in [0.05, 0.1) is 11.7 Å². The Balaban J connectivity index is 2.79. The second-order valence-corrected chi connectivity index (χ2v) is 3.27. The van der Waals surface area contributed by atoms with Gasteiger partial charge in [-0.2, -0.15) is 0 Å². The van der Waals surface area contributed by atoms with Gasteiger partial charge >= 0.3 is 0 Å². The third-order valence-electron chi connectivity index (χ3n) is 1.52. The number of halogens is 1. The molecule has 0 radical (unpaired) electrons. The molecule has 0 saturated heterocycles. The van der Waals surface area contributed by atoms with Gasteiger partial charge in [0.1, 0.15) is 15.9 Å². The van der Waals surface area contributed by atoms with Gasteiger partial charge in [-0.3, -0.25) is 0 Å². The second-order valence-electron chi connectivity index (χ2n) is 2.46. The maximum Gasteiger partial charge on any atom is 0.126 e. The molecule has 0 aliphatic rings. The zero-order chi connectivity index (χ0) is 8.55. The molecule has 3 nitrogen and oxygen atoms in total. The molecule has 0 aliphatic heterocycles.